The van der Waals surface area contributed by atoms with Crippen molar-refractivity contribution in [3.8, 4) is 0 Å². The first kappa shape index (κ1) is 11.3. The van der Waals surface area contributed by atoms with Crippen molar-refractivity contribution in [3.63, 3.8) is 0 Å². The van der Waals surface area contributed by atoms with Crippen LogP contribution < -0.4 is 10.9 Å². The molecule has 0 unspecified atom stereocenters. The van der Waals surface area contributed by atoms with Gasteiger partial charge >= 0.3 is 6.09 Å². The van der Waals surface area contributed by atoms with Crippen LogP contribution in [0.15, 0.2) is 29.2 Å². The minimum Gasteiger partial charge on any atom is -0.464 e. The van der Waals surface area contributed by atoms with E-state index in [4.69, 9.17) is 9.66 Å². The Morgan fingerprint density at radius 1 is 1.27 bits per heavy atom. The molecule has 0 saturated heterocycles. The molecule has 0 fully saturated rings. The minimum absolute atomic E-state index is 0.0533. The molecule has 82 valence electrons. The van der Waals surface area contributed by atoms with Gasteiger partial charge in [-0.05, 0) is 12.1 Å². The number of hydrogen-bond donors (Lipinski definition) is 4. The zero-order valence-corrected chi connectivity index (χ0v) is 8.15. The van der Waals surface area contributed by atoms with E-state index < -0.39 is 21.1 Å². The van der Waals surface area contributed by atoms with E-state index in [1.54, 1.807) is 5.43 Å². The van der Waals surface area contributed by atoms with Gasteiger partial charge in [-0.15, -0.1) is 0 Å². The van der Waals surface area contributed by atoms with Gasteiger partial charge in [0.25, 0.3) is 10.1 Å². The van der Waals surface area contributed by atoms with Crippen LogP contribution in [0.3, 0.4) is 0 Å². The van der Waals surface area contributed by atoms with Crippen molar-refractivity contribution in [2.45, 2.75) is 4.90 Å². The van der Waals surface area contributed by atoms with Crippen molar-refractivity contribution < 1.29 is 22.9 Å². The van der Waals surface area contributed by atoms with Crippen molar-refractivity contribution in [2.24, 2.45) is 0 Å². The molecule has 1 aromatic carbocycles. The molecular weight excluding hydrogens is 224 g/mol. The molecule has 7 nitrogen and oxygen atoms in total. The normalized spacial score (nSPS) is 10.7. The van der Waals surface area contributed by atoms with Crippen LogP contribution in [-0.2, 0) is 10.1 Å². The van der Waals surface area contributed by atoms with Crippen LogP contribution in [0.4, 0.5) is 10.5 Å². The van der Waals surface area contributed by atoms with E-state index >= 15 is 0 Å². The molecule has 0 aromatic heterocycles. The highest BCUT2D eigenvalue weighted by atomic mass is 32.2. The number of amides is 1. The highest BCUT2D eigenvalue weighted by molar-refractivity contribution is 7.86. The Kier molecular flexibility index (Phi) is 3.12. The highest BCUT2D eigenvalue weighted by Gasteiger charge is 2.14. The number of benzene rings is 1. The summed E-state index contributed by atoms with van der Waals surface area (Å²) in [6, 6.07) is 5.33. The Hall–Kier alpha value is -1.80. The molecule has 0 saturated carbocycles. The standard InChI is InChI=1S/C7H8N2O5S/c10-7(11)9-8-5-3-1-2-4-6(5)15(12,13)14/h1-4,8-9H,(H,10,11)(H,12,13,14). The molecule has 0 aliphatic carbocycles. The van der Waals surface area contributed by atoms with Crippen LogP contribution in [-0.4, -0.2) is 24.2 Å². The van der Waals surface area contributed by atoms with E-state index in [1.807, 2.05) is 0 Å². The van der Waals surface area contributed by atoms with Crippen molar-refractivity contribution in [3.05, 3.63) is 24.3 Å². The van der Waals surface area contributed by atoms with Crippen LogP contribution in [0.25, 0.3) is 0 Å². The fourth-order valence-electron chi connectivity index (χ4n) is 0.916. The largest absolute Gasteiger partial charge is 0.464 e. The number of carbonyl (C=O) groups is 1. The summed E-state index contributed by atoms with van der Waals surface area (Å²) in [7, 11) is -4.38. The first-order chi connectivity index (χ1) is 6.91. The van der Waals surface area contributed by atoms with Gasteiger partial charge < -0.3 is 5.11 Å². The Labute approximate surface area is 85.5 Å². The van der Waals surface area contributed by atoms with E-state index in [0.29, 0.717) is 0 Å². The number of para-hydroxylation sites is 1. The smallest absolute Gasteiger partial charge is 0.423 e. The predicted octanol–water partition coefficient (Wildman–Crippen LogP) is 0.528. The summed E-state index contributed by atoms with van der Waals surface area (Å²) in [6.07, 6.45) is -1.37. The molecule has 1 aromatic rings. The van der Waals surface area contributed by atoms with E-state index in [1.165, 1.54) is 18.2 Å². The number of anilines is 1. The van der Waals surface area contributed by atoms with Gasteiger partial charge in [-0.2, -0.15) is 8.42 Å². The first-order valence-electron chi connectivity index (χ1n) is 3.73. The first-order valence-corrected chi connectivity index (χ1v) is 5.17. The van der Waals surface area contributed by atoms with Gasteiger partial charge in [0.05, 0.1) is 5.69 Å². The minimum atomic E-state index is -4.38. The maximum atomic E-state index is 10.8. The molecule has 0 bridgehead atoms. The zero-order valence-electron chi connectivity index (χ0n) is 7.34. The molecule has 0 radical (unpaired) electrons. The number of carboxylic acid groups (broad SMARTS) is 1. The maximum absolute atomic E-state index is 10.8. The molecule has 0 aliphatic rings. The number of nitrogens with one attached hydrogen (secondary N) is 2. The van der Waals surface area contributed by atoms with Crippen LogP contribution in [0.2, 0.25) is 0 Å². The SMILES string of the molecule is O=C(O)NNc1ccccc1S(=O)(=O)O. The van der Waals surface area contributed by atoms with E-state index in [9.17, 15) is 13.2 Å². The quantitative estimate of drug-likeness (QED) is 0.446. The molecular formula is C7H8N2O5S. The highest BCUT2D eigenvalue weighted by Crippen LogP contribution is 2.19. The molecule has 0 atom stereocenters. The predicted molar refractivity (Wildman–Crippen MR) is 51.0 cm³/mol. The third-order valence-electron chi connectivity index (χ3n) is 1.47. The van der Waals surface area contributed by atoms with Gasteiger partial charge in [0.1, 0.15) is 4.90 Å². The Morgan fingerprint density at radius 3 is 2.40 bits per heavy atom. The monoisotopic (exact) mass is 232 g/mol. The fourth-order valence-corrected chi connectivity index (χ4v) is 1.56. The number of rotatable bonds is 3. The molecule has 15 heavy (non-hydrogen) atoms. The lowest BCUT2D eigenvalue weighted by Gasteiger charge is -2.08. The molecule has 0 spiro atoms. The van der Waals surface area contributed by atoms with Crippen molar-refractivity contribution in [2.75, 3.05) is 5.43 Å². The van der Waals surface area contributed by atoms with Gasteiger partial charge in [0.15, 0.2) is 0 Å². The van der Waals surface area contributed by atoms with Crippen LogP contribution >= 0.6 is 0 Å². The number of hydrazine groups is 1. The summed E-state index contributed by atoms with van der Waals surface area (Å²) >= 11 is 0. The third-order valence-corrected chi connectivity index (χ3v) is 2.38. The summed E-state index contributed by atoms with van der Waals surface area (Å²) < 4.78 is 30.5. The topological polar surface area (TPSA) is 116 Å². The van der Waals surface area contributed by atoms with Crippen molar-refractivity contribution >= 4 is 21.9 Å². The van der Waals surface area contributed by atoms with E-state index in [0.717, 1.165) is 6.07 Å². The van der Waals surface area contributed by atoms with Crippen molar-refractivity contribution in [1.82, 2.24) is 5.43 Å². The summed E-state index contributed by atoms with van der Waals surface area (Å²) in [5.41, 5.74) is 3.84. The molecule has 0 heterocycles. The second-order valence-electron chi connectivity index (χ2n) is 2.53. The maximum Gasteiger partial charge on any atom is 0.423 e. The third kappa shape index (κ3) is 3.11. The van der Waals surface area contributed by atoms with Gasteiger partial charge in [-0.25, -0.2) is 10.2 Å². The van der Waals surface area contributed by atoms with E-state index in [2.05, 4.69) is 5.43 Å². The molecule has 1 rings (SSSR count). The average Bonchev–Trinajstić information content (AvgIpc) is 2.13. The Balaban J connectivity index is 3.02. The second-order valence-corrected chi connectivity index (χ2v) is 3.92. The number of hydrogen-bond acceptors (Lipinski definition) is 4. The summed E-state index contributed by atoms with van der Waals surface area (Å²) in [4.78, 5) is 9.74. The van der Waals surface area contributed by atoms with Crippen LogP contribution in [0.5, 0.6) is 0 Å². The zero-order chi connectivity index (χ0) is 11.5. The van der Waals surface area contributed by atoms with Gasteiger partial charge in [-0.3, -0.25) is 9.98 Å². The lowest BCUT2D eigenvalue weighted by atomic mass is 10.3. The molecule has 1 amide bonds. The average molecular weight is 232 g/mol. The second kappa shape index (κ2) is 4.15. The molecule has 0 aliphatic heterocycles. The fraction of sp³-hybridized carbons (Fsp3) is 0. The lowest BCUT2D eigenvalue weighted by Crippen LogP contribution is -2.28. The Bertz CT molecular complexity index is 470. The summed E-state index contributed by atoms with van der Waals surface area (Å²) in [5.74, 6) is 0. The van der Waals surface area contributed by atoms with E-state index in [-0.39, 0.29) is 5.69 Å². The molecule has 8 heteroatoms. The lowest BCUT2D eigenvalue weighted by molar-refractivity contribution is 0.197. The van der Waals surface area contributed by atoms with Gasteiger partial charge in [0.2, 0.25) is 0 Å². The summed E-state index contributed by atoms with van der Waals surface area (Å²) in [5, 5.41) is 8.28. The van der Waals surface area contributed by atoms with Crippen molar-refractivity contribution in [1.29, 1.82) is 0 Å². The molecule has 4 N–H and O–H groups in total. The van der Waals surface area contributed by atoms with Gasteiger partial charge in [-0.1, -0.05) is 12.1 Å². The summed E-state index contributed by atoms with van der Waals surface area (Å²) in [6.45, 7) is 0. The van der Waals surface area contributed by atoms with Gasteiger partial charge in [0, 0.05) is 0 Å². The Morgan fingerprint density at radius 2 is 1.87 bits per heavy atom. The van der Waals surface area contributed by atoms with Crippen LogP contribution in [0.1, 0.15) is 0 Å². The van der Waals surface area contributed by atoms with Crippen LogP contribution in [0, 0.1) is 0 Å².